The first-order chi connectivity index (χ1) is 12.5. The summed E-state index contributed by atoms with van der Waals surface area (Å²) in [5, 5.41) is 3.62. The minimum Gasteiger partial charge on any atom is -0.492 e. The zero-order valence-electron chi connectivity index (χ0n) is 14.2. The third-order valence-corrected chi connectivity index (χ3v) is 4.69. The van der Waals surface area contributed by atoms with E-state index < -0.39 is 5.92 Å². The first-order valence-electron chi connectivity index (χ1n) is 8.27. The van der Waals surface area contributed by atoms with E-state index in [-0.39, 0.29) is 18.2 Å². The van der Waals surface area contributed by atoms with Crippen LogP contribution in [0.3, 0.4) is 0 Å². The summed E-state index contributed by atoms with van der Waals surface area (Å²) < 4.78 is 5.59. The zero-order chi connectivity index (χ0) is 18.7. The summed E-state index contributed by atoms with van der Waals surface area (Å²) in [6, 6.07) is 12.2. The number of ether oxygens (including phenoxy) is 1. The molecule has 0 aliphatic carbocycles. The first-order valence-corrected chi connectivity index (χ1v) is 9.03. The maximum atomic E-state index is 12.6. The van der Waals surface area contributed by atoms with Crippen LogP contribution in [0.15, 0.2) is 42.5 Å². The van der Waals surface area contributed by atoms with Crippen LogP contribution in [0.1, 0.15) is 13.3 Å². The van der Waals surface area contributed by atoms with Gasteiger partial charge < -0.3 is 15.0 Å². The lowest BCUT2D eigenvalue weighted by molar-refractivity contribution is -0.122. The number of nitrogens with zero attached hydrogens (tertiary/aromatic N) is 1. The van der Waals surface area contributed by atoms with Gasteiger partial charge >= 0.3 is 0 Å². The number of carbonyl (C=O) groups excluding carboxylic acids is 2. The number of hydrogen-bond acceptors (Lipinski definition) is 3. The molecule has 2 amide bonds. The lowest BCUT2D eigenvalue weighted by Crippen LogP contribution is -2.28. The van der Waals surface area contributed by atoms with Crippen molar-refractivity contribution in [2.24, 2.45) is 5.92 Å². The van der Waals surface area contributed by atoms with Crippen molar-refractivity contribution in [2.75, 3.05) is 23.4 Å². The van der Waals surface area contributed by atoms with Crippen LogP contribution in [0.4, 0.5) is 11.4 Å². The Labute approximate surface area is 161 Å². The highest BCUT2D eigenvalue weighted by atomic mass is 35.5. The van der Waals surface area contributed by atoms with Gasteiger partial charge in [-0.05, 0) is 37.3 Å². The minimum atomic E-state index is -0.469. The molecule has 1 aliphatic heterocycles. The fraction of sp³-hybridized carbons (Fsp3) is 0.263. The molecular formula is C19H18Cl2N2O3. The van der Waals surface area contributed by atoms with Gasteiger partial charge in [0.2, 0.25) is 11.8 Å². The number of rotatable bonds is 5. The monoisotopic (exact) mass is 392 g/mol. The van der Waals surface area contributed by atoms with Gasteiger partial charge in [0.1, 0.15) is 5.75 Å². The van der Waals surface area contributed by atoms with E-state index in [1.807, 2.05) is 31.2 Å². The molecule has 3 rings (SSSR count). The first kappa shape index (κ1) is 18.5. The van der Waals surface area contributed by atoms with E-state index in [1.54, 1.807) is 23.1 Å². The van der Waals surface area contributed by atoms with Crippen LogP contribution in [0.5, 0.6) is 5.75 Å². The van der Waals surface area contributed by atoms with Crippen molar-refractivity contribution < 1.29 is 14.3 Å². The smallest absolute Gasteiger partial charge is 0.229 e. The average molecular weight is 393 g/mol. The molecule has 0 spiro atoms. The summed E-state index contributed by atoms with van der Waals surface area (Å²) in [4.78, 5) is 26.6. The van der Waals surface area contributed by atoms with E-state index in [9.17, 15) is 9.59 Å². The number of para-hydroxylation sites is 2. The quantitative estimate of drug-likeness (QED) is 0.820. The molecule has 0 aromatic heterocycles. The average Bonchev–Trinajstić information content (AvgIpc) is 3.00. The van der Waals surface area contributed by atoms with Crippen LogP contribution >= 0.6 is 23.2 Å². The third kappa shape index (κ3) is 3.94. The van der Waals surface area contributed by atoms with Crippen molar-refractivity contribution in [3.63, 3.8) is 0 Å². The topological polar surface area (TPSA) is 58.6 Å². The van der Waals surface area contributed by atoms with Crippen LogP contribution < -0.4 is 15.0 Å². The molecule has 2 aromatic rings. The van der Waals surface area contributed by atoms with Gasteiger partial charge in [-0.3, -0.25) is 9.59 Å². The predicted octanol–water partition coefficient (Wildman–Crippen LogP) is 4.38. The Balaban J connectivity index is 1.74. The van der Waals surface area contributed by atoms with E-state index in [0.29, 0.717) is 40.3 Å². The normalized spacial score (nSPS) is 16.7. The van der Waals surface area contributed by atoms with Crippen LogP contribution in [0, 0.1) is 5.92 Å². The molecule has 136 valence electrons. The second-order valence-electron chi connectivity index (χ2n) is 5.92. The number of benzene rings is 2. The highest BCUT2D eigenvalue weighted by Gasteiger charge is 2.36. The summed E-state index contributed by atoms with van der Waals surface area (Å²) >= 11 is 12.0. The maximum Gasteiger partial charge on any atom is 0.229 e. The molecular weight excluding hydrogens is 375 g/mol. The fourth-order valence-corrected chi connectivity index (χ4v) is 3.36. The van der Waals surface area contributed by atoms with Crippen molar-refractivity contribution in [1.29, 1.82) is 0 Å². The van der Waals surface area contributed by atoms with Crippen molar-refractivity contribution in [1.82, 2.24) is 0 Å². The van der Waals surface area contributed by atoms with Crippen LogP contribution in [-0.2, 0) is 9.59 Å². The molecule has 26 heavy (non-hydrogen) atoms. The Morgan fingerprint density at radius 2 is 2.04 bits per heavy atom. The molecule has 1 saturated heterocycles. The molecule has 0 unspecified atom stereocenters. The van der Waals surface area contributed by atoms with E-state index in [2.05, 4.69) is 5.32 Å². The van der Waals surface area contributed by atoms with Gasteiger partial charge in [-0.25, -0.2) is 0 Å². The van der Waals surface area contributed by atoms with Gasteiger partial charge in [-0.1, -0.05) is 35.3 Å². The largest absolute Gasteiger partial charge is 0.492 e. The Kier molecular flexibility index (Phi) is 5.69. The molecule has 0 saturated carbocycles. The van der Waals surface area contributed by atoms with Gasteiger partial charge in [-0.2, -0.15) is 0 Å². The SMILES string of the molecule is CCOc1ccccc1N1C[C@@H](C(=O)Nc2ccc(Cl)cc2Cl)CC1=O. The Morgan fingerprint density at radius 3 is 2.77 bits per heavy atom. The van der Waals surface area contributed by atoms with Gasteiger partial charge in [0.25, 0.3) is 0 Å². The number of halogens is 2. The minimum absolute atomic E-state index is 0.112. The van der Waals surface area contributed by atoms with Crippen molar-refractivity contribution in [2.45, 2.75) is 13.3 Å². The summed E-state index contributed by atoms with van der Waals surface area (Å²) in [5.41, 5.74) is 1.15. The number of nitrogens with one attached hydrogen (secondary N) is 1. The van der Waals surface area contributed by atoms with Crippen LogP contribution in [-0.4, -0.2) is 25.0 Å². The van der Waals surface area contributed by atoms with Crippen molar-refractivity contribution in [3.8, 4) is 5.75 Å². The predicted molar refractivity (Wildman–Crippen MR) is 103 cm³/mol. The van der Waals surface area contributed by atoms with Gasteiger partial charge in [0.05, 0.1) is 28.9 Å². The fourth-order valence-electron chi connectivity index (χ4n) is 2.90. The number of hydrogen-bond donors (Lipinski definition) is 1. The number of carbonyl (C=O) groups is 2. The summed E-state index contributed by atoms with van der Waals surface area (Å²) in [5.74, 6) is -0.201. The van der Waals surface area contributed by atoms with Gasteiger partial charge in [0.15, 0.2) is 0 Å². The third-order valence-electron chi connectivity index (χ3n) is 4.14. The number of anilines is 2. The van der Waals surface area contributed by atoms with E-state index in [4.69, 9.17) is 27.9 Å². The van der Waals surface area contributed by atoms with Gasteiger partial charge in [0, 0.05) is 18.0 Å². The van der Waals surface area contributed by atoms with Crippen molar-refractivity contribution in [3.05, 3.63) is 52.5 Å². The Morgan fingerprint density at radius 1 is 1.27 bits per heavy atom. The number of amides is 2. The zero-order valence-corrected chi connectivity index (χ0v) is 15.7. The molecule has 5 nitrogen and oxygen atoms in total. The molecule has 1 aliphatic rings. The molecule has 7 heteroatoms. The summed E-state index contributed by atoms with van der Waals surface area (Å²) in [7, 11) is 0. The molecule has 1 heterocycles. The lowest BCUT2D eigenvalue weighted by Gasteiger charge is -2.20. The van der Waals surface area contributed by atoms with E-state index in [1.165, 1.54) is 0 Å². The highest BCUT2D eigenvalue weighted by Crippen LogP contribution is 2.34. The van der Waals surface area contributed by atoms with Gasteiger partial charge in [-0.15, -0.1) is 0 Å². The molecule has 2 aromatic carbocycles. The van der Waals surface area contributed by atoms with Crippen LogP contribution in [0.2, 0.25) is 10.0 Å². The lowest BCUT2D eigenvalue weighted by atomic mass is 10.1. The van der Waals surface area contributed by atoms with E-state index in [0.717, 1.165) is 0 Å². The van der Waals surface area contributed by atoms with E-state index >= 15 is 0 Å². The summed E-state index contributed by atoms with van der Waals surface area (Å²) in [6.45, 7) is 2.67. The Bertz CT molecular complexity index is 841. The second kappa shape index (κ2) is 7.98. The maximum absolute atomic E-state index is 12.6. The molecule has 1 N–H and O–H groups in total. The standard InChI is InChI=1S/C19H18Cl2N2O3/c1-2-26-17-6-4-3-5-16(17)23-11-12(9-18(23)24)19(25)22-15-8-7-13(20)10-14(15)21/h3-8,10,12H,2,9,11H2,1H3,(H,22,25)/t12-/m0/s1. The molecule has 1 atom stereocenters. The summed E-state index contributed by atoms with van der Waals surface area (Å²) in [6.07, 6.45) is 0.136. The highest BCUT2D eigenvalue weighted by molar-refractivity contribution is 6.36. The molecule has 1 fully saturated rings. The molecule has 0 bridgehead atoms. The molecule has 0 radical (unpaired) electrons. The second-order valence-corrected chi connectivity index (χ2v) is 6.76. The van der Waals surface area contributed by atoms with Crippen molar-refractivity contribution >= 4 is 46.4 Å². The Hall–Kier alpha value is -2.24. The van der Waals surface area contributed by atoms with Crippen LogP contribution in [0.25, 0.3) is 0 Å².